The normalized spacial score (nSPS) is 19.2. The molecule has 2 aliphatic heterocycles. The molecule has 1 atom stereocenters. The fraction of sp³-hybridized carbons (Fsp3) is 0.364. The summed E-state index contributed by atoms with van der Waals surface area (Å²) in [6.45, 7) is 2.29. The number of amides is 3. The SMILES string of the molecule is COc1ccc(N2C[C@@H](C(=O)N3CCN(C(=O)c4ccncc4)CC3)CC2=O)cc1. The second-order valence-electron chi connectivity index (χ2n) is 7.46. The number of piperazine rings is 1. The monoisotopic (exact) mass is 408 g/mol. The Morgan fingerprint density at radius 2 is 1.60 bits per heavy atom. The van der Waals surface area contributed by atoms with Crippen molar-refractivity contribution in [1.82, 2.24) is 14.8 Å². The van der Waals surface area contributed by atoms with Gasteiger partial charge in [-0.05, 0) is 36.4 Å². The summed E-state index contributed by atoms with van der Waals surface area (Å²) in [6.07, 6.45) is 3.40. The van der Waals surface area contributed by atoms with Gasteiger partial charge in [0.2, 0.25) is 11.8 Å². The molecular formula is C22H24N4O4. The van der Waals surface area contributed by atoms with E-state index in [9.17, 15) is 14.4 Å². The first kappa shape index (κ1) is 19.9. The largest absolute Gasteiger partial charge is 0.497 e. The van der Waals surface area contributed by atoms with Gasteiger partial charge in [0.25, 0.3) is 5.91 Å². The number of benzene rings is 1. The molecule has 0 aliphatic carbocycles. The number of hydrogen-bond donors (Lipinski definition) is 0. The first-order chi connectivity index (χ1) is 14.6. The van der Waals surface area contributed by atoms with Crippen LogP contribution in [0, 0.1) is 5.92 Å². The third-order valence-electron chi connectivity index (χ3n) is 5.66. The zero-order chi connectivity index (χ0) is 21.1. The average Bonchev–Trinajstić information content (AvgIpc) is 3.20. The van der Waals surface area contributed by atoms with Crippen molar-refractivity contribution in [1.29, 1.82) is 0 Å². The Bertz CT molecular complexity index is 924. The van der Waals surface area contributed by atoms with Crippen molar-refractivity contribution in [2.45, 2.75) is 6.42 Å². The minimum absolute atomic E-state index is 0.0182. The molecule has 3 heterocycles. The third kappa shape index (κ3) is 3.98. The molecule has 0 unspecified atom stereocenters. The Morgan fingerprint density at radius 3 is 2.23 bits per heavy atom. The summed E-state index contributed by atoms with van der Waals surface area (Å²) in [5.41, 5.74) is 1.37. The van der Waals surface area contributed by atoms with Crippen LogP contribution < -0.4 is 9.64 Å². The van der Waals surface area contributed by atoms with Gasteiger partial charge in [-0.1, -0.05) is 0 Å². The molecule has 0 saturated carbocycles. The van der Waals surface area contributed by atoms with Crippen molar-refractivity contribution < 1.29 is 19.1 Å². The third-order valence-corrected chi connectivity index (χ3v) is 5.66. The number of aromatic nitrogens is 1. The summed E-state index contributed by atoms with van der Waals surface area (Å²) < 4.78 is 5.16. The van der Waals surface area contributed by atoms with Crippen LogP contribution in [0.5, 0.6) is 5.75 Å². The summed E-state index contributed by atoms with van der Waals surface area (Å²) in [7, 11) is 1.59. The number of rotatable bonds is 4. The lowest BCUT2D eigenvalue weighted by molar-refractivity contribution is -0.137. The number of anilines is 1. The number of carbonyl (C=O) groups excluding carboxylic acids is 3. The summed E-state index contributed by atoms with van der Waals surface area (Å²) >= 11 is 0. The van der Waals surface area contributed by atoms with E-state index in [0.717, 1.165) is 11.4 Å². The number of pyridine rings is 1. The van der Waals surface area contributed by atoms with Gasteiger partial charge >= 0.3 is 0 Å². The highest BCUT2D eigenvalue weighted by Gasteiger charge is 2.38. The number of nitrogens with zero attached hydrogens (tertiary/aromatic N) is 4. The molecule has 8 nitrogen and oxygen atoms in total. The first-order valence-corrected chi connectivity index (χ1v) is 9.99. The van der Waals surface area contributed by atoms with Crippen LogP contribution in [0.4, 0.5) is 5.69 Å². The van der Waals surface area contributed by atoms with E-state index in [0.29, 0.717) is 38.3 Å². The van der Waals surface area contributed by atoms with Crippen molar-refractivity contribution in [2.75, 3.05) is 44.7 Å². The Kier molecular flexibility index (Phi) is 5.65. The molecule has 1 aromatic heterocycles. The summed E-state index contributed by atoms with van der Waals surface area (Å²) in [5.74, 6) is 0.242. The molecule has 2 fully saturated rings. The van der Waals surface area contributed by atoms with Crippen molar-refractivity contribution in [2.24, 2.45) is 5.92 Å². The van der Waals surface area contributed by atoms with Gasteiger partial charge in [-0.25, -0.2) is 0 Å². The van der Waals surface area contributed by atoms with Crippen LogP contribution in [-0.2, 0) is 9.59 Å². The zero-order valence-electron chi connectivity index (χ0n) is 16.9. The predicted molar refractivity (Wildman–Crippen MR) is 110 cm³/mol. The van der Waals surface area contributed by atoms with Crippen LogP contribution in [0.2, 0.25) is 0 Å². The molecule has 0 spiro atoms. The topological polar surface area (TPSA) is 83.1 Å². The minimum Gasteiger partial charge on any atom is -0.497 e. The fourth-order valence-corrected chi connectivity index (χ4v) is 3.95. The molecule has 30 heavy (non-hydrogen) atoms. The van der Waals surface area contributed by atoms with Gasteiger partial charge < -0.3 is 19.4 Å². The van der Waals surface area contributed by atoms with Crippen LogP contribution in [0.25, 0.3) is 0 Å². The molecule has 156 valence electrons. The lowest BCUT2D eigenvalue weighted by Crippen LogP contribution is -2.52. The average molecular weight is 408 g/mol. The molecule has 0 bridgehead atoms. The molecule has 0 radical (unpaired) electrons. The zero-order valence-corrected chi connectivity index (χ0v) is 16.9. The molecule has 1 aromatic carbocycles. The molecule has 0 N–H and O–H groups in total. The highest BCUT2D eigenvalue weighted by Crippen LogP contribution is 2.28. The second kappa shape index (κ2) is 8.52. The Labute approximate surface area is 175 Å². The van der Waals surface area contributed by atoms with Gasteiger partial charge in [0.1, 0.15) is 5.75 Å². The van der Waals surface area contributed by atoms with Crippen LogP contribution in [-0.4, -0.2) is 72.3 Å². The van der Waals surface area contributed by atoms with Gasteiger partial charge in [0, 0.05) is 62.8 Å². The quantitative estimate of drug-likeness (QED) is 0.764. The molecular weight excluding hydrogens is 384 g/mol. The molecule has 2 saturated heterocycles. The van der Waals surface area contributed by atoms with Crippen molar-refractivity contribution >= 4 is 23.4 Å². The smallest absolute Gasteiger partial charge is 0.254 e. The van der Waals surface area contributed by atoms with Crippen LogP contribution >= 0.6 is 0 Å². The number of ether oxygens (including phenoxy) is 1. The highest BCUT2D eigenvalue weighted by atomic mass is 16.5. The lowest BCUT2D eigenvalue weighted by atomic mass is 10.1. The maximum Gasteiger partial charge on any atom is 0.254 e. The molecule has 4 rings (SSSR count). The van der Waals surface area contributed by atoms with Gasteiger partial charge in [0.15, 0.2) is 0 Å². The minimum atomic E-state index is -0.359. The van der Waals surface area contributed by atoms with Gasteiger partial charge in [-0.15, -0.1) is 0 Å². The Morgan fingerprint density at radius 1 is 0.967 bits per heavy atom. The van der Waals surface area contributed by atoms with E-state index < -0.39 is 0 Å². The number of carbonyl (C=O) groups is 3. The van der Waals surface area contributed by atoms with E-state index in [4.69, 9.17) is 4.74 Å². The van der Waals surface area contributed by atoms with Gasteiger partial charge in [0.05, 0.1) is 13.0 Å². The Hall–Kier alpha value is -3.42. The van der Waals surface area contributed by atoms with E-state index in [1.54, 1.807) is 58.5 Å². The lowest BCUT2D eigenvalue weighted by Gasteiger charge is -2.36. The first-order valence-electron chi connectivity index (χ1n) is 9.99. The number of hydrogen-bond acceptors (Lipinski definition) is 5. The van der Waals surface area contributed by atoms with Gasteiger partial charge in [-0.2, -0.15) is 0 Å². The predicted octanol–water partition coefficient (Wildman–Crippen LogP) is 1.43. The van der Waals surface area contributed by atoms with E-state index in [2.05, 4.69) is 4.98 Å². The highest BCUT2D eigenvalue weighted by molar-refractivity contribution is 6.00. The van der Waals surface area contributed by atoms with E-state index in [1.807, 2.05) is 12.1 Å². The molecule has 2 aliphatic rings. The standard InChI is InChI=1S/C22H24N4O4/c1-30-19-4-2-18(3-5-19)26-15-17(14-20(26)27)22(29)25-12-10-24(11-13-25)21(28)16-6-8-23-9-7-16/h2-9,17H,10-15H2,1H3/t17-/m0/s1. The maximum absolute atomic E-state index is 13.0. The summed E-state index contributed by atoms with van der Waals surface area (Å²) in [4.78, 5) is 47.1. The molecule has 3 amide bonds. The van der Waals surface area contributed by atoms with E-state index in [1.165, 1.54) is 0 Å². The fourth-order valence-electron chi connectivity index (χ4n) is 3.95. The van der Waals surface area contributed by atoms with Crippen LogP contribution in [0.3, 0.4) is 0 Å². The van der Waals surface area contributed by atoms with Gasteiger partial charge in [-0.3, -0.25) is 19.4 Å². The summed E-state index contributed by atoms with van der Waals surface area (Å²) in [5, 5.41) is 0. The number of methoxy groups -OCH3 is 1. The van der Waals surface area contributed by atoms with Crippen molar-refractivity contribution in [3.63, 3.8) is 0 Å². The summed E-state index contributed by atoms with van der Waals surface area (Å²) in [6, 6.07) is 10.6. The van der Waals surface area contributed by atoms with Crippen LogP contribution in [0.1, 0.15) is 16.8 Å². The Balaban J connectivity index is 1.34. The molecule has 2 aromatic rings. The van der Waals surface area contributed by atoms with Crippen LogP contribution in [0.15, 0.2) is 48.8 Å². The van der Waals surface area contributed by atoms with E-state index >= 15 is 0 Å². The van der Waals surface area contributed by atoms with E-state index in [-0.39, 0.29) is 30.1 Å². The van der Waals surface area contributed by atoms with Crippen molar-refractivity contribution in [3.05, 3.63) is 54.4 Å². The maximum atomic E-state index is 13.0. The van der Waals surface area contributed by atoms with Crippen molar-refractivity contribution in [3.8, 4) is 5.75 Å². The molecule has 8 heteroatoms. The second-order valence-corrected chi connectivity index (χ2v) is 7.46.